The minimum atomic E-state index is -0.382. The molecule has 0 radical (unpaired) electrons. The number of hydrogen-bond donors (Lipinski definition) is 1. The van der Waals surface area contributed by atoms with Crippen LogP contribution in [-0.4, -0.2) is 36.0 Å². The Labute approximate surface area is 127 Å². The summed E-state index contributed by atoms with van der Waals surface area (Å²) in [5, 5.41) is 14.2. The summed E-state index contributed by atoms with van der Waals surface area (Å²) in [7, 11) is 4.25. The maximum absolute atomic E-state index is 10.7. The Morgan fingerprint density at radius 1 is 1.40 bits per heavy atom. The molecule has 20 heavy (non-hydrogen) atoms. The highest BCUT2D eigenvalue weighted by atomic mass is 79.9. The van der Waals surface area contributed by atoms with E-state index in [0.29, 0.717) is 0 Å². The normalized spacial score (nSPS) is 17.4. The smallest absolute Gasteiger partial charge is 0.270 e. The zero-order valence-electron chi connectivity index (χ0n) is 11.9. The second kappa shape index (κ2) is 6.10. The van der Waals surface area contributed by atoms with E-state index in [1.165, 1.54) is 31.7 Å². The molecule has 0 spiro atoms. The van der Waals surface area contributed by atoms with Gasteiger partial charge in [0.25, 0.3) is 5.69 Å². The number of nitro benzene ring substituents is 1. The van der Waals surface area contributed by atoms with Gasteiger partial charge < -0.3 is 10.2 Å². The minimum Gasteiger partial charge on any atom is -0.382 e. The molecule has 1 saturated carbocycles. The number of likely N-dealkylation sites (N-methyl/N-ethyl adjacent to an activating group) is 1. The lowest BCUT2D eigenvalue weighted by Crippen LogP contribution is -2.47. The minimum absolute atomic E-state index is 0.102. The van der Waals surface area contributed by atoms with Gasteiger partial charge in [-0.2, -0.15) is 0 Å². The summed E-state index contributed by atoms with van der Waals surface area (Å²) in [5.74, 6) is 0. The quantitative estimate of drug-likeness (QED) is 0.656. The highest BCUT2D eigenvalue weighted by molar-refractivity contribution is 9.10. The fourth-order valence-corrected chi connectivity index (χ4v) is 3.34. The first kappa shape index (κ1) is 15.3. The highest BCUT2D eigenvalue weighted by Gasteiger charge is 2.35. The maximum atomic E-state index is 10.7. The van der Waals surface area contributed by atoms with Crippen LogP contribution in [-0.2, 0) is 0 Å². The standard InChI is InChI=1S/C14H20BrN3O2/c1-17(2)14(7-3-4-8-14)10-16-13-6-5-11(18(19)20)9-12(13)15/h5-6,9,16H,3-4,7-8,10H2,1-2H3. The molecule has 1 fully saturated rings. The number of benzene rings is 1. The lowest BCUT2D eigenvalue weighted by Gasteiger charge is -2.37. The van der Waals surface area contributed by atoms with E-state index in [4.69, 9.17) is 0 Å². The first-order valence-corrected chi connectivity index (χ1v) is 7.59. The Morgan fingerprint density at radius 3 is 2.55 bits per heavy atom. The average molecular weight is 342 g/mol. The van der Waals surface area contributed by atoms with Crippen molar-refractivity contribution in [3.63, 3.8) is 0 Å². The van der Waals surface area contributed by atoms with E-state index in [2.05, 4.69) is 40.2 Å². The van der Waals surface area contributed by atoms with Crippen LogP contribution in [0.4, 0.5) is 11.4 Å². The van der Waals surface area contributed by atoms with Crippen LogP contribution in [0.15, 0.2) is 22.7 Å². The lowest BCUT2D eigenvalue weighted by molar-refractivity contribution is -0.384. The predicted molar refractivity (Wildman–Crippen MR) is 84.2 cm³/mol. The molecule has 0 unspecified atom stereocenters. The molecule has 5 nitrogen and oxygen atoms in total. The maximum Gasteiger partial charge on any atom is 0.270 e. The van der Waals surface area contributed by atoms with E-state index in [9.17, 15) is 10.1 Å². The second-order valence-corrected chi connectivity index (χ2v) is 6.46. The predicted octanol–water partition coefficient (Wildman–Crippen LogP) is 3.64. The van der Waals surface area contributed by atoms with Gasteiger partial charge in [0.2, 0.25) is 0 Å². The largest absolute Gasteiger partial charge is 0.382 e. The van der Waals surface area contributed by atoms with Crippen molar-refractivity contribution < 1.29 is 4.92 Å². The summed E-state index contributed by atoms with van der Waals surface area (Å²) in [6.45, 7) is 0.858. The van der Waals surface area contributed by atoms with Gasteiger partial charge in [-0.05, 0) is 48.9 Å². The number of halogens is 1. The third kappa shape index (κ3) is 3.12. The van der Waals surface area contributed by atoms with Crippen molar-refractivity contribution in [3.8, 4) is 0 Å². The molecule has 0 aliphatic heterocycles. The number of non-ortho nitro benzene ring substituents is 1. The Bertz CT molecular complexity index is 499. The first-order valence-electron chi connectivity index (χ1n) is 6.80. The molecule has 2 rings (SSSR count). The van der Waals surface area contributed by atoms with Crippen LogP contribution in [0.2, 0.25) is 0 Å². The molecule has 6 heteroatoms. The zero-order valence-corrected chi connectivity index (χ0v) is 13.4. The van der Waals surface area contributed by atoms with E-state index >= 15 is 0 Å². The van der Waals surface area contributed by atoms with E-state index < -0.39 is 0 Å². The number of nitrogens with one attached hydrogen (secondary N) is 1. The lowest BCUT2D eigenvalue weighted by atomic mass is 9.96. The van der Waals surface area contributed by atoms with E-state index in [-0.39, 0.29) is 16.1 Å². The Morgan fingerprint density at radius 2 is 2.05 bits per heavy atom. The van der Waals surface area contributed by atoms with Crippen molar-refractivity contribution in [1.82, 2.24) is 4.90 Å². The third-order valence-corrected chi connectivity index (χ3v) is 4.91. The van der Waals surface area contributed by atoms with Crippen molar-refractivity contribution >= 4 is 27.3 Å². The second-order valence-electron chi connectivity index (χ2n) is 5.60. The van der Waals surface area contributed by atoms with E-state index in [0.717, 1.165) is 16.7 Å². The van der Waals surface area contributed by atoms with Crippen molar-refractivity contribution in [2.45, 2.75) is 31.2 Å². The molecule has 0 atom stereocenters. The van der Waals surface area contributed by atoms with Crippen LogP contribution in [0.3, 0.4) is 0 Å². The third-order valence-electron chi connectivity index (χ3n) is 4.25. The molecule has 1 aliphatic carbocycles. The van der Waals surface area contributed by atoms with Crippen LogP contribution in [0, 0.1) is 10.1 Å². The summed E-state index contributed by atoms with van der Waals surface area (Å²) in [6.07, 6.45) is 4.91. The molecular formula is C14H20BrN3O2. The van der Waals surface area contributed by atoms with Crippen molar-refractivity contribution in [2.24, 2.45) is 0 Å². The van der Waals surface area contributed by atoms with Crippen LogP contribution in [0.1, 0.15) is 25.7 Å². The Hall–Kier alpha value is -1.14. The van der Waals surface area contributed by atoms with Gasteiger partial charge in [0.1, 0.15) is 0 Å². The fourth-order valence-electron chi connectivity index (χ4n) is 2.84. The van der Waals surface area contributed by atoms with Crippen LogP contribution in [0.5, 0.6) is 0 Å². The molecule has 1 aromatic rings. The number of nitrogens with zero attached hydrogens (tertiary/aromatic N) is 2. The topological polar surface area (TPSA) is 58.4 Å². The number of nitro groups is 1. The SMILES string of the molecule is CN(C)C1(CNc2ccc([N+](=O)[O-])cc2Br)CCCC1. The molecule has 0 amide bonds. The zero-order chi connectivity index (χ0) is 14.8. The number of anilines is 1. The number of rotatable bonds is 5. The van der Waals surface area contributed by atoms with Crippen LogP contribution in [0.25, 0.3) is 0 Å². The van der Waals surface area contributed by atoms with E-state index in [1.54, 1.807) is 12.1 Å². The van der Waals surface area contributed by atoms with Crippen molar-refractivity contribution in [1.29, 1.82) is 0 Å². The van der Waals surface area contributed by atoms with Gasteiger partial charge in [-0.1, -0.05) is 12.8 Å². The molecular weight excluding hydrogens is 322 g/mol. The van der Waals surface area contributed by atoms with Gasteiger partial charge in [0.05, 0.1) is 4.92 Å². The molecule has 1 aliphatic rings. The van der Waals surface area contributed by atoms with Crippen LogP contribution < -0.4 is 5.32 Å². The monoisotopic (exact) mass is 341 g/mol. The highest BCUT2D eigenvalue weighted by Crippen LogP contribution is 2.35. The Balaban J connectivity index is 2.09. The summed E-state index contributed by atoms with van der Waals surface area (Å²) >= 11 is 3.40. The number of hydrogen-bond acceptors (Lipinski definition) is 4. The average Bonchev–Trinajstić information content (AvgIpc) is 2.87. The molecule has 0 aromatic heterocycles. The van der Waals surface area contributed by atoms with Gasteiger partial charge in [-0.3, -0.25) is 10.1 Å². The van der Waals surface area contributed by atoms with Gasteiger partial charge >= 0.3 is 0 Å². The molecule has 110 valence electrons. The summed E-state index contributed by atoms with van der Waals surface area (Å²) < 4.78 is 0.735. The van der Waals surface area contributed by atoms with E-state index in [1.807, 2.05) is 0 Å². The van der Waals surface area contributed by atoms with Crippen molar-refractivity contribution in [3.05, 3.63) is 32.8 Å². The molecule has 1 aromatic carbocycles. The van der Waals surface area contributed by atoms with Gasteiger partial charge in [-0.25, -0.2) is 0 Å². The summed E-state index contributed by atoms with van der Waals surface area (Å²) in [4.78, 5) is 12.6. The van der Waals surface area contributed by atoms with Crippen molar-refractivity contribution in [2.75, 3.05) is 26.0 Å². The summed E-state index contributed by atoms with van der Waals surface area (Å²) in [6, 6.07) is 4.84. The summed E-state index contributed by atoms with van der Waals surface area (Å²) in [5.41, 5.74) is 1.20. The molecule has 0 heterocycles. The fraction of sp³-hybridized carbons (Fsp3) is 0.571. The van der Waals surface area contributed by atoms with Crippen LogP contribution >= 0.6 is 15.9 Å². The molecule has 1 N–H and O–H groups in total. The Kier molecular flexibility index (Phi) is 4.65. The molecule has 0 bridgehead atoms. The van der Waals surface area contributed by atoms with Gasteiger partial charge in [0, 0.05) is 34.4 Å². The molecule has 0 saturated heterocycles. The first-order chi connectivity index (χ1) is 9.44. The van der Waals surface area contributed by atoms with Gasteiger partial charge in [0.15, 0.2) is 0 Å². The van der Waals surface area contributed by atoms with Gasteiger partial charge in [-0.15, -0.1) is 0 Å².